The number of fused-ring (bicyclic) bond motifs is 1. The molecule has 0 unspecified atom stereocenters. The molecule has 1 aromatic carbocycles. The van der Waals surface area contributed by atoms with Crippen LogP contribution in [0.2, 0.25) is 5.02 Å². The first-order chi connectivity index (χ1) is 13.0. The van der Waals surface area contributed by atoms with Gasteiger partial charge in [0.1, 0.15) is 16.5 Å². The Kier molecular flexibility index (Phi) is 4.71. The Hall–Kier alpha value is -2.65. The average molecular weight is 408 g/mol. The normalized spacial score (nSPS) is 15.2. The summed E-state index contributed by atoms with van der Waals surface area (Å²) in [6, 6.07) is 8.11. The van der Waals surface area contributed by atoms with Crippen molar-refractivity contribution in [3.63, 3.8) is 0 Å². The molecule has 0 saturated carbocycles. The van der Waals surface area contributed by atoms with Gasteiger partial charge in [-0.25, -0.2) is 4.98 Å². The van der Waals surface area contributed by atoms with Crippen LogP contribution >= 0.6 is 22.9 Å². The number of hydrogen-bond donors (Lipinski definition) is 0. The third-order valence-corrected chi connectivity index (χ3v) is 5.55. The molecule has 1 aliphatic heterocycles. The minimum absolute atomic E-state index is 0.0260. The van der Waals surface area contributed by atoms with E-state index < -0.39 is 10.8 Å². The van der Waals surface area contributed by atoms with E-state index in [1.165, 1.54) is 23.5 Å². The first-order valence-corrected chi connectivity index (χ1v) is 9.46. The van der Waals surface area contributed by atoms with Crippen molar-refractivity contribution in [3.05, 3.63) is 51.2 Å². The number of piperidine rings is 1. The van der Waals surface area contributed by atoms with Crippen molar-refractivity contribution in [1.29, 1.82) is 0 Å². The molecule has 1 saturated heterocycles. The minimum Gasteiger partial charge on any atom is -0.467 e. The van der Waals surface area contributed by atoms with Gasteiger partial charge in [0, 0.05) is 25.9 Å². The molecule has 0 atom stereocenters. The number of thiazole rings is 1. The van der Waals surface area contributed by atoms with Gasteiger partial charge < -0.3 is 14.1 Å². The molecule has 0 radical (unpaired) electrons. The number of nitrogens with zero attached hydrogens (tertiary/aromatic N) is 3. The monoisotopic (exact) mass is 407 g/mol. The smallest absolute Gasteiger partial charge is 0.433 e. The van der Waals surface area contributed by atoms with Crippen LogP contribution in [0.25, 0.3) is 10.2 Å². The van der Waals surface area contributed by atoms with Gasteiger partial charge in [0.15, 0.2) is 5.76 Å². The van der Waals surface area contributed by atoms with Crippen LogP contribution in [0.15, 0.2) is 34.7 Å². The van der Waals surface area contributed by atoms with Gasteiger partial charge in [-0.05, 0) is 18.2 Å². The quantitative estimate of drug-likeness (QED) is 0.476. The highest BCUT2D eigenvalue weighted by Crippen LogP contribution is 2.33. The van der Waals surface area contributed by atoms with E-state index in [2.05, 4.69) is 4.98 Å². The second kappa shape index (κ2) is 7.16. The molecular formula is C17H14ClN3O5S. The zero-order valence-corrected chi connectivity index (χ0v) is 15.5. The molecule has 0 aliphatic carbocycles. The molecule has 1 amide bonds. The summed E-state index contributed by atoms with van der Waals surface area (Å²) in [5.74, 6) is -0.818. The van der Waals surface area contributed by atoms with Gasteiger partial charge in [-0.3, -0.25) is 14.9 Å². The fourth-order valence-electron chi connectivity index (χ4n) is 2.96. The number of ether oxygens (including phenoxy) is 1. The fourth-order valence-corrected chi connectivity index (χ4v) is 4.14. The number of halogens is 1. The zero-order chi connectivity index (χ0) is 19.0. The molecular weight excluding hydrogens is 394 g/mol. The SMILES string of the molecule is O=C(c1ccc([N+](=O)[O-])o1)N1CCC(Oc2nc3c(Cl)cccc3s2)CC1. The average Bonchev–Trinajstić information content (AvgIpc) is 3.29. The van der Waals surface area contributed by atoms with Crippen molar-refractivity contribution in [2.75, 3.05) is 13.1 Å². The Balaban J connectivity index is 1.37. The van der Waals surface area contributed by atoms with E-state index in [4.69, 9.17) is 20.8 Å². The maximum atomic E-state index is 12.4. The second-order valence-electron chi connectivity index (χ2n) is 6.07. The largest absolute Gasteiger partial charge is 0.467 e. The minimum atomic E-state index is -0.666. The van der Waals surface area contributed by atoms with Crippen molar-refractivity contribution in [2.24, 2.45) is 0 Å². The third kappa shape index (κ3) is 3.60. The third-order valence-electron chi connectivity index (χ3n) is 4.33. The summed E-state index contributed by atoms with van der Waals surface area (Å²) in [5.41, 5.74) is 0.728. The van der Waals surface area contributed by atoms with Gasteiger partial charge in [-0.2, -0.15) is 0 Å². The number of aromatic nitrogens is 1. The number of carbonyl (C=O) groups excluding carboxylic acids is 1. The highest BCUT2D eigenvalue weighted by Gasteiger charge is 2.28. The van der Waals surface area contributed by atoms with E-state index in [1.807, 2.05) is 12.1 Å². The second-order valence-corrected chi connectivity index (χ2v) is 7.47. The predicted octanol–water partition coefficient (Wildman–Crippen LogP) is 4.13. The number of carbonyl (C=O) groups is 1. The molecule has 0 N–H and O–H groups in total. The number of hydrogen-bond acceptors (Lipinski definition) is 7. The standard InChI is InChI=1S/C17H14ClN3O5S/c18-11-2-1-3-13-15(11)19-17(27-13)25-10-6-8-20(9-7-10)16(22)12-4-5-14(26-12)21(23)24/h1-5,10H,6-9H2. The number of para-hydroxylation sites is 1. The van der Waals surface area contributed by atoms with Crippen LogP contribution in [0.1, 0.15) is 23.4 Å². The lowest BCUT2D eigenvalue weighted by Crippen LogP contribution is -2.41. The molecule has 1 aliphatic rings. The van der Waals surface area contributed by atoms with Crippen LogP contribution in [0, 0.1) is 10.1 Å². The van der Waals surface area contributed by atoms with Gasteiger partial charge in [0.05, 0.1) is 15.8 Å². The lowest BCUT2D eigenvalue weighted by Gasteiger charge is -2.30. The highest BCUT2D eigenvalue weighted by molar-refractivity contribution is 7.20. The van der Waals surface area contributed by atoms with E-state index >= 15 is 0 Å². The molecule has 2 aromatic heterocycles. The maximum absolute atomic E-state index is 12.4. The van der Waals surface area contributed by atoms with Crippen LogP contribution in [0.5, 0.6) is 5.19 Å². The Labute approximate surface area is 162 Å². The first-order valence-electron chi connectivity index (χ1n) is 8.26. The summed E-state index contributed by atoms with van der Waals surface area (Å²) in [4.78, 5) is 28.4. The van der Waals surface area contributed by atoms with Crippen molar-refractivity contribution >= 4 is 44.9 Å². The maximum Gasteiger partial charge on any atom is 0.433 e. The van der Waals surface area contributed by atoms with E-state index in [0.717, 1.165) is 10.2 Å². The Bertz CT molecular complexity index is 1010. The van der Waals surface area contributed by atoms with Gasteiger partial charge in [0.25, 0.3) is 11.1 Å². The lowest BCUT2D eigenvalue weighted by molar-refractivity contribution is -0.402. The van der Waals surface area contributed by atoms with Crippen molar-refractivity contribution in [1.82, 2.24) is 9.88 Å². The van der Waals surface area contributed by atoms with Crippen molar-refractivity contribution < 1.29 is 18.9 Å². The number of likely N-dealkylation sites (tertiary alicyclic amines) is 1. The first kappa shape index (κ1) is 17.7. The molecule has 27 heavy (non-hydrogen) atoms. The number of furan rings is 1. The summed E-state index contributed by atoms with van der Waals surface area (Å²) in [6.07, 6.45) is 1.22. The Morgan fingerprint density at radius 2 is 2.11 bits per heavy atom. The van der Waals surface area contributed by atoms with E-state index in [9.17, 15) is 14.9 Å². The van der Waals surface area contributed by atoms with Crippen LogP contribution < -0.4 is 4.74 Å². The fraction of sp³-hybridized carbons (Fsp3) is 0.294. The topological polar surface area (TPSA) is 98.7 Å². The molecule has 8 nitrogen and oxygen atoms in total. The lowest BCUT2D eigenvalue weighted by atomic mass is 10.1. The number of amides is 1. The highest BCUT2D eigenvalue weighted by atomic mass is 35.5. The number of nitro groups is 1. The van der Waals surface area contributed by atoms with Gasteiger partial charge in [-0.15, -0.1) is 0 Å². The van der Waals surface area contributed by atoms with Gasteiger partial charge in [-0.1, -0.05) is 29.0 Å². The number of benzene rings is 1. The van der Waals surface area contributed by atoms with Gasteiger partial charge in [0.2, 0.25) is 0 Å². The molecule has 1 fully saturated rings. The summed E-state index contributed by atoms with van der Waals surface area (Å²) >= 11 is 7.58. The van der Waals surface area contributed by atoms with Gasteiger partial charge >= 0.3 is 5.88 Å². The molecule has 0 bridgehead atoms. The number of rotatable bonds is 4. The van der Waals surface area contributed by atoms with E-state index in [1.54, 1.807) is 11.0 Å². The molecule has 140 valence electrons. The molecule has 3 heterocycles. The zero-order valence-electron chi connectivity index (χ0n) is 14.0. The van der Waals surface area contributed by atoms with E-state index in [0.29, 0.717) is 36.1 Å². The van der Waals surface area contributed by atoms with Crippen LogP contribution in [0.3, 0.4) is 0 Å². The van der Waals surface area contributed by atoms with Crippen molar-refractivity contribution in [3.8, 4) is 5.19 Å². The summed E-state index contributed by atoms with van der Waals surface area (Å²) in [5, 5.41) is 11.8. The summed E-state index contributed by atoms with van der Waals surface area (Å²) < 4.78 is 11.9. The molecule has 4 rings (SSSR count). The van der Waals surface area contributed by atoms with Crippen LogP contribution in [-0.4, -0.2) is 39.9 Å². The van der Waals surface area contributed by atoms with Crippen LogP contribution in [0.4, 0.5) is 5.88 Å². The van der Waals surface area contributed by atoms with E-state index in [-0.39, 0.29) is 17.8 Å². The predicted molar refractivity (Wildman–Crippen MR) is 99.5 cm³/mol. The molecule has 10 heteroatoms. The Morgan fingerprint density at radius 1 is 1.33 bits per heavy atom. The van der Waals surface area contributed by atoms with Crippen LogP contribution in [-0.2, 0) is 0 Å². The summed E-state index contributed by atoms with van der Waals surface area (Å²) in [6.45, 7) is 0.952. The molecule has 0 spiro atoms. The summed E-state index contributed by atoms with van der Waals surface area (Å²) in [7, 11) is 0. The molecule has 3 aromatic rings. The Morgan fingerprint density at radius 3 is 2.78 bits per heavy atom. The van der Waals surface area contributed by atoms with Crippen molar-refractivity contribution in [2.45, 2.75) is 18.9 Å².